The molecule has 0 aliphatic rings. The van der Waals surface area contributed by atoms with Crippen molar-refractivity contribution in [3.8, 4) is 0 Å². The van der Waals surface area contributed by atoms with Crippen molar-refractivity contribution in [1.82, 2.24) is 4.90 Å². The molecule has 1 amide bonds. The molecule has 1 rings (SSSR count). The van der Waals surface area contributed by atoms with Crippen LogP contribution < -0.4 is 5.73 Å². The van der Waals surface area contributed by atoms with Crippen molar-refractivity contribution >= 4 is 11.6 Å². The lowest BCUT2D eigenvalue weighted by Gasteiger charge is -2.30. The second kappa shape index (κ2) is 6.47. The molecule has 1 aromatic rings. The van der Waals surface area contributed by atoms with E-state index in [1.807, 2.05) is 13.8 Å². The molecule has 0 saturated carbocycles. The largest absolute Gasteiger partial charge is 0.341 e. The van der Waals surface area contributed by atoms with Gasteiger partial charge in [0.05, 0.1) is 16.9 Å². The van der Waals surface area contributed by atoms with E-state index in [9.17, 15) is 14.9 Å². The average Bonchev–Trinajstić information content (AvgIpc) is 2.45. The predicted octanol–water partition coefficient (Wildman–Crippen LogP) is 1.93. The van der Waals surface area contributed by atoms with Crippen LogP contribution in [0.15, 0.2) is 24.3 Å². The van der Waals surface area contributed by atoms with Crippen molar-refractivity contribution in [3.05, 3.63) is 39.9 Å². The SMILES string of the molecule is CCC(C)(CN)C(=O)N(C)Cc1ccccc1[N+](=O)[O-]. The summed E-state index contributed by atoms with van der Waals surface area (Å²) >= 11 is 0. The molecule has 6 heteroatoms. The fourth-order valence-electron chi connectivity index (χ4n) is 1.99. The van der Waals surface area contributed by atoms with Gasteiger partial charge in [-0.05, 0) is 13.3 Å². The Labute approximate surface area is 118 Å². The molecule has 0 spiro atoms. The second-order valence-corrected chi connectivity index (χ2v) is 5.17. The van der Waals surface area contributed by atoms with Crippen LogP contribution in [-0.4, -0.2) is 29.3 Å². The number of nitrogens with zero attached hydrogens (tertiary/aromatic N) is 2. The Morgan fingerprint density at radius 1 is 1.45 bits per heavy atom. The van der Waals surface area contributed by atoms with Crippen molar-refractivity contribution in [1.29, 1.82) is 0 Å². The number of amides is 1. The van der Waals surface area contributed by atoms with Crippen LogP contribution in [0.1, 0.15) is 25.8 Å². The third-order valence-electron chi connectivity index (χ3n) is 3.69. The number of hydrogen-bond acceptors (Lipinski definition) is 4. The van der Waals surface area contributed by atoms with Crippen LogP contribution >= 0.6 is 0 Å². The lowest BCUT2D eigenvalue weighted by Crippen LogP contribution is -2.44. The molecule has 0 aliphatic carbocycles. The molecule has 0 radical (unpaired) electrons. The van der Waals surface area contributed by atoms with Crippen LogP contribution in [0, 0.1) is 15.5 Å². The first-order valence-corrected chi connectivity index (χ1v) is 6.53. The topological polar surface area (TPSA) is 89.5 Å². The maximum atomic E-state index is 12.4. The molecule has 1 atom stereocenters. The Bertz CT molecular complexity index is 498. The van der Waals surface area contributed by atoms with Crippen molar-refractivity contribution < 1.29 is 9.72 Å². The summed E-state index contributed by atoms with van der Waals surface area (Å²) in [6, 6.07) is 6.44. The summed E-state index contributed by atoms with van der Waals surface area (Å²) in [7, 11) is 1.64. The van der Waals surface area contributed by atoms with Gasteiger partial charge >= 0.3 is 0 Å². The minimum absolute atomic E-state index is 0.0260. The van der Waals surface area contributed by atoms with Crippen LogP contribution in [-0.2, 0) is 11.3 Å². The molecular formula is C14H21N3O3. The normalized spacial score (nSPS) is 13.6. The summed E-state index contributed by atoms with van der Waals surface area (Å²) in [5, 5.41) is 11.0. The van der Waals surface area contributed by atoms with Gasteiger partial charge in [0, 0.05) is 25.2 Å². The average molecular weight is 279 g/mol. The molecule has 0 aliphatic heterocycles. The fourth-order valence-corrected chi connectivity index (χ4v) is 1.99. The van der Waals surface area contributed by atoms with E-state index in [1.54, 1.807) is 25.2 Å². The molecule has 0 aromatic heterocycles. The van der Waals surface area contributed by atoms with E-state index in [0.717, 1.165) is 0 Å². The highest BCUT2D eigenvalue weighted by atomic mass is 16.6. The van der Waals surface area contributed by atoms with Gasteiger partial charge in [-0.1, -0.05) is 25.1 Å². The van der Waals surface area contributed by atoms with E-state index < -0.39 is 10.3 Å². The third-order valence-corrected chi connectivity index (χ3v) is 3.69. The minimum atomic E-state index is -0.627. The molecule has 1 unspecified atom stereocenters. The number of nitrogens with two attached hydrogens (primary N) is 1. The van der Waals surface area contributed by atoms with E-state index >= 15 is 0 Å². The summed E-state index contributed by atoms with van der Waals surface area (Å²) in [5.41, 5.74) is 5.59. The molecule has 1 aromatic carbocycles. The van der Waals surface area contributed by atoms with E-state index in [0.29, 0.717) is 12.0 Å². The van der Waals surface area contributed by atoms with Crippen LogP contribution in [0.3, 0.4) is 0 Å². The summed E-state index contributed by atoms with van der Waals surface area (Å²) in [6.45, 7) is 4.17. The van der Waals surface area contributed by atoms with Crippen molar-refractivity contribution in [2.75, 3.05) is 13.6 Å². The van der Waals surface area contributed by atoms with Gasteiger partial charge in [0.25, 0.3) is 5.69 Å². The van der Waals surface area contributed by atoms with Gasteiger partial charge in [0.1, 0.15) is 0 Å². The summed E-state index contributed by atoms with van der Waals surface area (Å²) in [6.07, 6.45) is 0.629. The molecule has 0 fully saturated rings. The number of nitro benzene ring substituents is 1. The van der Waals surface area contributed by atoms with Crippen molar-refractivity contribution in [3.63, 3.8) is 0 Å². The van der Waals surface area contributed by atoms with Gasteiger partial charge in [-0.25, -0.2) is 0 Å². The third kappa shape index (κ3) is 3.33. The molecule has 0 heterocycles. The first-order valence-electron chi connectivity index (χ1n) is 6.53. The van der Waals surface area contributed by atoms with Crippen molar-refractivity contribution in [2.24, 2.45) is 11.1 Å². The number of carbonyl (C=O) groups excluding carboxylic acids is 1. The Kier molecular flexibility index (Phi) is 5.21. The van der Waals surface area contributed by atoms with Gasteiger partial charge in [-0.15, -0.1) is 0 Å². The lowest BCUT2D eigenvalue weighted by atomic mass is 9.86. The minimum Gasteiger partial charge on any atom is -0.341 e. The Morgan fingerprint density at radius 2 is 2.05 bits per heavy atom. The summed E-state index contributed by atoms with van der Waals surface area (Å²) < 4.78 is 0. The van der Waals surface area contributed by atoms with Crippen LogP contribution in [0.4, 0.5) is 5.69 Å². The van der Waals surface area contributed by atoms with Gasteiger partial charge in [0.2, 0.25) is 5.91 Å². The quantitative estimate of drug-likeness (QED) is 0.636. The van der Waals surface area contributed by atoms with E-state index in [4.69, 9.17) is 5.73 Å². The Balaban J connectivity index is 2.94. The highest BCUT2D eigenvalue weighted by molar-refractivity contribution is 5.82. The summed E-state index contributed by atoms with van der Waals surface area (Å²) in [4.78, 5) is 24.4. The molecule has 20 heavy (non-hydrogen) atoms. The molecular weight excluding hydrogens is 258 g/mol. The van der Waals surface area contributed by atoms with E-state index in [2.05, 4.69) is 0 Å². The Morgan fingerprint density at radius 3 is 2.55 bits per heavy atom. The first-order chi connectivity index (χ1) is 9.35. The van der Waals surface area contributed by atoms with Gasteiger partial charge < -0.3 is 10.6 Å². The molecule has 2 N–H and O–H groups in total. The zero-order valence-electron chi connectivity index (χ0n) is 12.1. The zero-order valence-corrected chi connectivity index (χ0v) is 12.1. The number of para-hydroxylation sites is 1. The molecule has 6 nitrogen and oxygen atoms in total. The number of nitro groups is 1. The maximum absolute atomic E-state index is 12.4. The predicted molar refractivity (Wildman–Crippen MR) is 77.0 cm³/mol. The molecule has 0 bridgehead atoms. The van der Waals surface area contributed by atoms with Gasteiger partial charge in [-0.3, -0.25) is 14.9 Å². The van der Waals surface area contributed by atoms with Crippen LogP contribution in [0.25, 0.3) is 0 Å². The lowest BCUT2D eigenvalue weighted by molar-refractivity contribution is -0.385. The van der Waals surface area contributed by atoms with Crippen molar-refractivity contribution in [2.45, 2.75) is 26.8 Å². The highest BCUT2D eigenvalue weighted by Crippen LogP contribution is 2.25. The summed E-state index contributed by atoms with van der Waals surface area (Å²) in [5.74, 6) is -0.0966. The first kappa shape index (κ1) is 16.1. The van der Waals surface area contributed by atoms with Gasteiger partial charge in [-0.2, -0.15) is 0 Å². The number of benzene rings is 1. The maximum Gasteiger partial charge on any atom is 0.274 e. The van der Waals surface area contributed by atoms with Crippen LogP contribution in [0.2, 0.25) is 0 Å². The van der Waals surface area contributed by atoms with E-state index in [-0.39, 0.29) is 24.7 Å². The Hall–Kier alpha value is -1.95. The number of hydrogen-bond donors (Lipinski definition) is 1. The molecule has 0 saturated heterocycles. The monoisotopic (exact) mass is 279 g/mol. The fraction of sp³-hybridized carbons (Fsp3) is 0.500. The second-order valence-electron chi connectivity index (χ2n) is 5.17. The standard InChI is InChI=1S/C14H21N3O3/c1-4-14(2,10-15)13(18)16(3)9-11-7-5-6-8-12(11)17(19)20/h5-8H,4,9-10,15H2,1-3H3. The zero-order chi connectivity index (χ0) is 15.3. The number of rotatable bonds is 6. The highest BCUT2D eigenvalue weighted by Gasteiger charge is 2.32. The van der Waals surface area contributed by atoms with E-state index in [1.165, 1.54) is 11.0 Å². The van der Waals surface area contributed by atoms with Crippen LogP contribution in [0.5, 0.6) is 0 Å². The number of carbonyl (C=O) groups is 1. The smallest absolute Gasteiger partial charge is 0.274 e. The van der Waals surface area contributed by atoms with Gasteiger partial charge in [0.15, 0.2) is 0 Å². The molecule has 110 valence electrons.